The Balaban J connectivity index is 2.36. The van der Waals surface area contributed by atoms with Crippen LogP contribution < -0.4 is 10.8 Å². The van der Waals surface area contributed by atoms with Gasteiger partial charge in [-0.1, -0.05) is 30.3 Å². The number of hydroxylamine groups is 1. The van der Waals surface area contributed by atoms with E-state index in [0.717, 1.165) is 6.42 Å². The third-order valence-corrected chi connectivity index (χ3v) is 1.96. The molecule has 15 heavy (non-hydrogen) atoms. The largest absolute Gasteiger partial charge is 0.338 e. The van der Waals surface area contributed by atoms with Crippen LogP contribution in [-0.4, -0.2) is 19.2 Å². The second kappa shape index (κ2) is 6.03. The zero-order valence-corrected chi connectivity index (χ0v) is 8.99. The van der Waals surface area contributed by atoms with Crippen LogP contribution in [-0.2, 0) is 11.3 Å². The van der Waals surface area contributed by atoms with E-state index in [1.165, 1.54) is 12.7 Å². The fourth-order valence-corrected chi connectivity index (χ4v) is 1.36. The summed E-state index contributed by atoms with van der Waals surface area (Å²) in [6.07, 6.45) is 0.804. The van der Waals surface area contributed by atoms with Crippen molar-refractivity contribution in [3.8, 4) is 0 Å². The van der Waals surface area contributed by atoms with E-state index in [4.69, 9.17) is 0 Å². The van der Waals surface area contributed by atoms with E-state index in [-0.39, 0.29) is 12.1 Å². The van der Waals surface area contributed by atoms with Crippen molar-refractivity contribution in [3.05, 3.63) is 35.9 Å². The molecule has 0 heterocycles. The molecule has 0 aliphatic heterocycles. The fourth-order valence-electron chi connectivity index (χ4n) is 1.36. The molecule has 1 atom stereocenters. The van der Waals surface area contributed by atoms with Gasteiger partial charge in [0.05, 0.1) is 7.11 Å². The van der Waals surface area contributed by atoms with Crippen LogP contribution in [0.2, 0.25) is 0 Å². The molecule has 1 aromatic carbocycles. The van der Waals surface area contributed by atoms with E-state index in [9.17, 15) is 4.79 Å². The first-order chi connectivity index (χ1) is 7.22. The number of benzene rings is 1. The first kappa shape index (κ1) is 11.5. The summed E-state index contributed by atoms with van der Waals surface area (Å²) in [6.45, 7) is 1.95. The van der Waals surface area contributed by atoms with Crippen LogP contribution in [0, 0.1) is 0 Å². The van der Waals surface area contributed by atoms with Gasteiger partial charge in [-0.05, 0) is 18.9 Å². The predicted octanol–water partition coefficient (Wildman–Crippen LogP) is 1.48. The molecule has 2 amide bonds. The Labute approximate surface area is 89.6 Å². The summed E-state index contributed by atoms with van der Waals surface area (Å²) >= 11 is 0. The van der Waals surface area contributed by atoms with Crippen molar-refractivity contribution in [1.29, 1.82) is 0 Å². The van der Waals surface area contributed by atoms with Gasteiger partial charge in [0.25, 0.3) is 0 Å². The summed E-state index contributed by atoms with van der Waals surface area (Å²) in [5, 5.41) is 2.75. The van der Waals surface area contributed by atoms with Crippen molar-refractivity contribution in [2.45, 2.75) is 19.4 Å². The molecule has 0 radical (unpaired) electrons. The SMILES string of the molecule is CONC(=O)N[C@@H](C)Cc1ccccc1. The lowest BCUT2D eigenvalue weighted by molar-refractivity contribution is 0.106. The zero-order valence-electron chi connectivity index (χ0n) is 8.99. The number of carbonyl (C=O) groups excluding carboxylic acids is 1. The van der Waals surface area contributed by atoms with Gasteiger partial charge in [0.1, 0.15) is 0 Å². The van der Waals surface area contributed by atoms with Crippen molar-refractivity contribution in [2.24, 2.45) is 0 Å². The second-order valence-electron chi connectivity index (χ2n) is 3.37. The lowest BCUT2D eigenvalue weighted by Gasteiger charge is -2.13. The molecule has 1 rings (SSSR count). The van der Waals surface area contributed by atoms with Gasteiger partial charge in [-0.2, -0.15) is 0 Å². The number of amides is 2. The van der Waals surface area contributed by atoms with Crippen molar-refractivity contribution >= 4 is 6.03 Å². The van der Waals surface area contributed by atoms with Crippen molar-refractivity contribution in [2.75, 3.05) is 7.11 Å². The molecule has 0 unspecified atom stereocenters. The van der Waals surface area contributed by atoms with Gasteiger partial charge in [0.15, 0.2) is 0 Å². The third kappa shape index (κ3) is 4.46. The summed E-state index contributed by atoms with van der Waals surface area (Å²) in [5.74, 6) is 0. The molecule has 0 aliphatic rings. The maximum atomic E-state index is 11.1. The molecule has 4 heteroatoms. The molecule has 0 bridgehead atoms. The van der Waals surface area contributed by atoms with Crippen LogP contribution in [0.5, 0.6) is 0 Å². The van der Waals surface area contributed by atoms with E-state index < -0.39 is 0 Å². The molecule has 0 aromatic heterocycles. The van der Waals surface area contributed by atoms with Gasteiger partial charge < -0.3 is 5.32 Å². The highest BCUT2D eigenvalue weighted by Crippen LogP contribution is 2.02. The molecule has 0 aliphatic carbocycles. The van der Waals surface area contributed by atoms with Crippen LogP contribution in [0.1, 0.15) is 12.5 Å². The summed E-state index contributed by atoms with van der Waals surface area (Å²) in [5.41, 5.74) is 3.41. The number of urea groups is 1. The molecule has 1 aromatic rings. The highest BCUT2D eigenvalue weighted by molar-refractivity contribution is 5.72. The lowest BCUT2D eigenvalue weighted by Crippen LogP contribution is -2.41. The van der Waals surface area contributed by atoms with Gasteiger partial charge in [0.2, 0.25) is 0 Å². The smallest absolute Gasteiger partial charge is 0.334 e. The van der Waals surface area contributed by atoms with E-state index in [1.807, 2.05) is 37.3 Å². The number of hydrogen-bond donors (Lipinski definition) is 2. The molecule has 82 valence electrons. The summed E-state index contributed by atoms with van der Waals surface area (Å²) in [6, 6.07) is 9.76. The molecular weight excluding hydrogens is 192 g/mol. The number of hydrogen-bond acceptors (Lipinski definition) is 2. The normalized spacial score (nSPS) is 11.9. The number of nitrogens with one attached hydrogen (secondary N) is 2. The van der Waals surface area contributed by atoms with Gasteiger partial charge >= 0.3 is 6.03 Å². The summed E-state index contributed by atoms with van der Waals surface area (Å²) < 4.78 is 0. The molecule has 2 N–H and O–H groups in total. The van der Waals surface area contributed by atoms with E-state index in [1.54, 1.807) is 0 Å². The Morgan fingerprint density at radius 2 is 2.07 bits per heavy atom. The van der Waals surface area contributed by atoms with Crippen molar-refractivity contribution in [1.82, 2.24) is 10.8 Å². The minimum atomic E-state index is -0.319. The summed E-state index contributed by atoms with van der Waals surface area (Å²) in [4.78, 5) is 15.6. The van der Waals surface area contributed by atoms with Crippen LogP contribution in [0.25, 0.3) is 0 Å². The Morgan fingerprint density at radius 3 is 2.67 bits per heavy atom. The minimum absolute atomic E-state index is 0.0718. The topological polar surface area (TPSA) is 50.4 Å². The third-order valence-electron chi connectivity index (χ3n) is 1.96. The Hall–Kier alpha value is -1.55. The Kier molecular flexibility index (Phi) is 4.63. The van der Waals surface area contributed by atoms with E-state index in [2.05, 4.69) is 15.6 Å². The van der Waals surface area contributed by atoms with E-state index in [0.29, 0.717) is 0 Å². The monoisotopic (exact) mass is 208 g/mol. The predicted molar refractivity (Wildman–Crippen MR) is 58.3 cm³/mol. The zero-order chi connectivity index (χ0) is 11.1. The number of rotatable bonds is 4. The summed E-state index contributed by atoms with van der Waals surface area (Å²) in [7, 11) is 1.40. The molecule has 4 nitrogen and oxygen atoms in total. The van der Waals surface area contributed by atoms with Crippen LogP contribution in [0.3, 0.4) is 0 Å². The van der Waals surface area contributed by atoms with E-state index >= 15 is 0 Å². The molecule has 0 saturated carbocycles. The van der Waals surface area contributed by atoms with Gasteiger partial charge in [-0.25, -0.2) is 10.3 Å². The van der Waals surface area contributed by atoms with Crippen LogP contribution in [0.4, 0.5) is 4.79 Å². The maximum absolute atomic E-state index is 11.1. The average molecular weight is 208 g/mol. The quantitative estimate of drug-likeness (QED) is 0.736. The van der Waals surface area contributed by atoms with Gasteiger partial charge in [0, 0.05) is 6.04 Å². The van der Waals surface area contributed by atoms with Crippen LogP contribution in [0.15, 0.2) is 30.3 Å². The van der Waals surface area contributed by atoms with Crippen molar-refractivity contribution in [3.63, 3.8) is 0 Å². The average Bonchev–Trinajstić information content (AvgIpc) is 2.19. The van der Waals surface area contributed by atoms with Gasteiger partial charge in [-0.15, -0.1) is 0 Å². The number of carbonyl (C=O) groups is 1. The maximum Gasteiger partial charge on any atom is 0.338 e. The Morgan fingerprint density at radius 1 is 1.40 bits per heavy atom. The highest BCUT2D eigenvalue weighted by Gasteiger charge is 2.06. The molecule has 0 saturated heterocycles. The fraction of sp³-hybridized carbons (Fsp3) is 0.364. The first-order valence-corrected chi connectivity index (χ1v) is 4.86. The minimum Gasteiger partial charge on any atom is -0.334 e. The second-order valence-corrected chi connectivity index (χ2v) is 3.37. The van der Waals surface area contributed by atoms with Crippen LogP contribution >= 0.6 is 0 Å². The standard InChI is InChI=1S/C11H16N2O2/c1-9(12-11(14)13-15-2)8-10-6-4-3-5-7-10/h3-7,9H,8H2,1-2H3,(H2,12,13,14)/t9-/m0/s1. The van der Waals surface area contributed by atoms with Gasteiger partial charge in [-0.3, -0.25) is 4.84 Å². The molecular formula is C11H16N2O2. The Bertz CT molecular complexity index is 301. The lowest BCUT2D eigenvalue weighted by atomic mass is 10.1. The molecule has 0 fully saturated rings. The molecule has 0 spiro atoms. The highest BCUT2D eigenvalue weighted by atomic mass is 16.6. The first-order valence-electron chi connectivity index (χ1n) is 4.86. The van der Waals surface area contributed by atoms with Crippen molar-refractivity contribution < 1.29 is 9.63 Å².